The van der Waals surface area contributed by atoms with Crippen molar-refractivity contribution < 1.29 is 6.85 Å². The van der Waals surface area contributed by atoms with Crippen LogP contribution in [0.1, 0.15) is 6.85 Å². The third kappa shape index (κ3) is 6.41. The lowest BCUT2D eigenvalue weighted by Crippen LogP contribution is -2.02. The molecule has 0 amide bonds. The summed E-state index contributed by atoms with van der Waals surface area (Å²) in [5, 5.41) is 6.44. The Morgan fingerprint density at radius 3 is 1.57 bits per heavy atom. The minimum absolute atomic E-state index is 0.0272. The number of para-hydroxylation sites is 4. The molecule has 4 heterocycles. The Kier molecular flexibility index (Phi) is 7.89. The van der Waals surface area contributed by atoms with Crippen molar-refractivity contribution >= 4 is 75.1 Å². The summed E-state index contributed by atoms with van der Waals surface area (Å²) in [4.78, 5) is 15.6. The van der Waals surface area contributed by atoms with Gasteiger partial charge in [0.05, 0.1) is 28.9 Å². The molecule has 6 heteroatoms. The van der Waals surface area contributed by atoms with Gasteiger partial charge in [-0.1, -0.05) is 182 Å². The molecular formula is C63H39N5S. The van der Waals surface area contributed by atoms with Gasteiger partial charge in [-0.15, -0.1) is 11.3 Å². The molecule has 14 aromatic rings. The van der Waals surface area contributed by atoms with Gasteiger partial charge in [0.25, 0.3) is 0 Å². The summed E-state index contributed by atoms with van der Waals surface area (Å²) in [6.45, 7) is 0. The van der Waals surface area contributed by atoms with Crippen LogP contribution in [-0.2, 0) is 0 Å². The molecule has 0 saturated carbocycles. The van der Waals surface area contributed by atoms with Gasteiger partial charge in [0, 0.05) is 69.8 Å². The van der Waals surface area contributed by atoms with Crippen LogP contribution in [0.25, 0.3) is 132 Å². The topological polar surface area (TPSA) is 48.5 Å². The monoisotopic (exact) mass is 902 g/mol. The van der Waals surface area contributed by atoms with Gasteiger partial charge in [0.2, 0.25) is 0 Å². The molecule has 0 unspecified atom stereocenters. The van der Waals surface area contributed by atoms with E-state index in [1.54, 1.807) is 11.3 Å². The lowest BCUT2D eigenvalue weighted by Gasteiger charge is -2.13. The molecule has 0 aliphatic rings. The predicted molar refractivity (Wildman–Crippen MR) is 289 cm³/mol. The van der Waals surface area contributed by atoms with Crippen molar-refractivity contribution in [2.45, 2.75) is 0 Å². The molecule has 0 bridgehead atoms. The minimum atomic E-state index is -0.492. The van der Waals surface area contributed by atoms with Crippen molar-refractivity contribution in [1.29, 1.82) is 0 Å². The summed E-state index contributed by atoms with van der Waals surface area (Å²) in [7, 11) is 0. The van der Waals surface area contributed by atoms with Crippen LogP contribution in [0.2, 0.25) is 0 Å². The van der Waals surface area contributed by atoms with Gasteiger partial charge in [-0.05, 0) is 76.9 Å². The molecule has 0 saturated heterocycles. The number of benzene rings is 10. The van der Waals surface area contributed by atoms with E-state index in [-0.39, 0.29) is 11.4 Å². The fourth-order valence-corrected chi connectivity index (χ4v) is 11.5. The van der Waals surface area contributed by atoms with E-state index in [1.807, 2.05) is 42.5 Å². The van der Waals surface area contributed by atoms with Crippen molar-refractivity contribution in [3.63, 3.8) is 0 Å². The van der Waals surface area contributed by atoms with Crippen LogP contribution in [0.4, 0.5) is 0 Å². The highest BCUT2D eigenvalue weighted by molar-refractivity contribution is 7.26. The van der Waals surface area contributed by atoms with E-state index in [0.717, 1.165) is 97.4 Å². The lowest BCUT2D eigenvalue weighted by molar-refractivity contribution is 1.07. The second-order valence-electron chi connectivity index (χ2n) is 17.2. The van der Waals surface area contributed by atoms with E-state index in [4.69, 9.17) is 19.1 Å². The summed E-state index contributed by atoms with van der Waals surface area (Å²) >= 11 is 1.67. The maximum Gasteiger partial charge on any atom is 0.165 e. The number of hydrogen-bond donors (Lipinski definition) is 0. The molecule has 322 valence electrons. The van der Waals surface area contributed by atoms with Crippen molar-refractivity contribution in [3.8, 4) is 67.8 Å². The maximum absolute atomic E-state index is 9.20. The second kappa shape index (κ2) is 15.8. The first-order valence-electron chi connectivity index (χ1n) is 25.4. The van der Waals surface area contributed by atoms with E-state index in [9.17, 15) is 2.74 Å². The molecular weight excluding hydrogens is 859 g/mol. The average molecular weight is 903 g/mol. The number of hydrogen-bond acceptors (Lipinski definition) is 4. The average Bonchev–Trinajstić information content (AvgIpc) is 4.12. The third-order valence-corrected chi connectivity index (χ3v) is 14.5. The van der Waals surface area contributed by atoms with Gasteiger partial charge >= 0.3 is 0 Å². The highest BCUT2D eigenvalue weighted by Crippen LogP contribution is 2.46. The summed E-state index contributed by atoms with van der Waals surface area (Å²) in [6.07, 6.45) is 0. The first-order valence-corrected chi connectivity index (χ1v) is 23.7. The Balaban J connectivity index is 1.08. The number of nitrogens with zero attached hydrogens (tertiary/aromatic N) is 5. The fourth-order valence-electron chi connectivity index (χ4n) is 10.2. The van der Waals surface area contributed by atoms with Crippen molar-refractivity contribution in [3.05, 3.63) is 236 Å². The normalized spacial score (nSPS) is 12.8. The van der Waals surface area contributed by atoms with Crippen molar-refractivity contribution in [2.24, 2.45) is 0 Å². The molecule has 0 aliphatic carbocycles. The van der Waals surface area contributed by atoms with E-state index in [1.165, 1.54) is 0 Å². The molecule has 69 heavy (non-hydrogen) atoms. The number of aromatic nitrogens is 5. The van der Waals surface area contributed by atoms with Gasteiger partial charge in [-0.2, -0.15) is 0 Å². The van der Waals surface area contributed by atoms with E-state index in [0.29, 0.717) is 22.8 Å². The molecule has 5 nitrogen and oxygen atoms in total. The highest BCUT2D eigenvalue weighted by atomic mass is 32.1. The first kappa shape index (κ1) is 34.4. The lowest BCUT2D eigenvalue weighted by atomic mass is 9.97. The largest absolute Gasteiger partial charge is 0.309 e. The zero-order chi connectivity index (χ0) is 49.8. The van der Waals surface area contributed by atoms with E-state index >= 15 is 0 Å². The Hall–Kier alpha value is -8.97. The van der Waals surface area contributed by atoms with Gasteiger partial charge in [-0.3, -0.25) is 0 Å². The van der Waals surface area contributed by atoms with Gasteiger partial charge in [-0.25, -0.2) is 15.0 Å². The summed E-state index contributed by atoms with van der Waals surface area (Å²) < 4.78 is 50.9. The summed E-state index contributed by atoms with van der Waals surface area (Å²) in [5.74, 6) is 0.562. The molecule has 0 aliphatic heterocycles. The zero-order valence-electron chi connectivity index (χ0n) is 41.8. The number of fused-ring (bicyclic) bond motifs is 9. The van der Waals surface area contributed by atoms with Gasteiger partial charge in [0.15, 0.2) is 17.5 Å². The SMILES string of the molecule is [2H]c1c([2H])c([2H])c(-c2nc(-c3ccc4c5ccccc5n(-c5ccccc5)c4c3)nc(-c3cc(-n4c5ccccc5c5ccccc54)cc4c3sc3c(-c5cccc(-c6ccccc6)c5)cccc34)n2)c([2H])c1[2H]. The maximum atomic E-state index is 9.20. The van der Waals surface area contributed by atoms with Crippen LogP contribution in [0.3, 0.4) is 0 Å². The van der Waals surface area contributed by atoms with Crippen LogP contribution < -0.4 is 0 Å². The smallest absolute Gasteiger partial charge is 0.165 e. The molecule has 0 N–H and O–H groups in total. The number of thiophene rings is 1. The molecule has 0 atom stereocenters. The minimum Gasteiger partial charge on any atom is -0.309 e. The van der Waals surface area contributed by atoms with Crippen LogP contribution in [0.5, 0.6) is 0 Å². The Morgan fingerprint density at radius 1 is 0.319 bits per heavy atom. The summed E-state index contributed by atoms with van der Waals surface area (Å²) in [6, 6.07) is 69.3. The van der Waals surface area contributed by atoms with Crippen LogP contribution >= 0.6 is 11.3 Å². The standard InChI is InChI=1S/C63H39N5S/c1-4-18-40(19-5-1)42-22-16-23-43(36-42)47-29-17-30-52-53-38-46(68-56-32-14-10-26-48(56)49-27-11-15-33-57(49)68)39-54(60(53)69-59(47)52)63-65-61(41-20-6-2-7-21-41)64-62(66-63)44-34-35-51-50-28-12-13-31-55(50)67(58(51)37-44)45-24-8-3-9-25-45/h1-39H/i2D,6D,7D,20D,21D. The second-order valence-corrected chi connectivity index (χ2v) is 18.2. The Labute approximate surface area is 408 Å². The molecule has 0 spiro atoms. The fraction of sp³-hybridized carbons (Fsp3) is 0. The quantitative estimate of drug-likeness (QED) is 0.160. The van der Waals surface area contributed by atoms with Crippen LogP contribution in [0, 0.1) is 0 Å². The Morgan fingerprint density at radius 2 is 0.855 bits per heavy atom. The van der Waals surface area contributed by atoms with Gasteiger partial charge < -0.3 is 9.13 Å². The molecule has 0 fully saturated rings. The van der Waals surface area contributed by atoms with E-state index < -0.39 is 30.2 Å². The molecule has 4 aromatic heterocycles. The number of rotatable bonds is 7. The van der Waals surface area contributed by atoms with E-state index in [2.05, 4.69) is 173 Å². The Bertz CT molecular complexity index is 4540. The van der Waals surface area contributed by atoms with Crippen LogP contribution in [-0.4, -0.2) is 24.1 Å². The zero-order valence-corrected chi connectivity index (χ0v) is 37.6. The highest BCUT2D eigenvalue weighted by Gasteiger charge is 2.23. The molecule has 14 rings (SSSR count). The third-order valence-electron chi connectivity index (χ3n) is 13.2. The molecule has 0 radical (unpaired) electrons. The summed E-state index contributed by atoms with van der Waals surface area (Å²) in [5.41, 5.74) is 11.6. The van der Waals surface area contributed by atoms with Crippen LogP contribution in [0.15, 0.2) is 236 Å². The van der Waals surface area contributed by atoms with Crippen molar-refractivity contribution in [2.75, 3.05) is 0 Å². The van der Waals surface area contributed by atoms with Crippen molar-refractivity contribution in [1.82, 2.24) is 24.1 Å². The predicted octanol–water partition coefficient (Wildman–Crippen LogP) is 16.8. The first-order chi connectivity index (χ1) is 36.3. The van der Waals surface area contributed by atoms with Gasteiger partial charge in [0.1, 0.15) is 0 Å². The molecule has 10 aromatic carbocycles.